The van der Waals surface area contributed by atoms with E-state index in [4.69, 9.17) is 9.47 Å². The lowest BCUT2D eigenvalue weighted by molar-refractivity contribution is -0.134. The molecule has 14 heteroatoms. The Labute approximate surface area is 280 Å². The van der Waals surface area contributed by atoms with Gasteiger partial charge in [-0.05, 0) is 51.2 Å². The number of H-pyrrole nitrogens is 1. The molecule has 1 unspecified atom stereocenters. The largest absolute Gasteiger partial charge is 0.388 e. The number of rotatable bonds is 8. The molecule has 4 rings (SSSR count). The minimum atomic E-state index is -1.39. The van der Waals surface area contributed by atoms with Crippen molar-refractivity contribution in [1.29, 1.82) is 0 Å². The summed E-state index contributed by atoms with van der Waals surface area (Å²) in [6.07, 6.45) is -1.99. The van der Waals surface area contributed by atoms with E-state index in [1.54, 1.807) is 17.0 Å². The number of aliphatic hydroxyl groups is 2. The molecule has 0 bridgehead atoms. The summed E-state index contributed by atoms with van der Waals surface area (Å²) in [7, 11) is 1.36. The Morgan fingerprint density at radius 3 is 2.62 bits per heavy atom. The molecule has 48 heavy (non-hydrogen) atoms. The first kappa shape index (κ1) is 37.1. The molecule has 0 aliphatic carbocycles. The Hall–Kier alpha value is -3.69. The van der Waals surface area contributed by atoms with Crippen LogP contribution < -0.4 is 10.9 Å². The number of benzene rings is 1. The lowest BCUT2D eigenvalue weighted by Gasteiger charge is -2.39. The Balaban J connectivity index is 1.63. The molecule has 4 N–H and O–H groups in total. The summed E-state index contributed by atoms with van der Waals surface area (Å²) < 4.78 is 27.4. The SMILES string of the molecule is CO[C@@H]1CN(C(=O)c2ccccc2F)C[C@@H](CC(C)C)N(C(=O)CNC(C)c2cc(=O)n3[nH]c(C)cc3n2)CCCCOC[C@@H](O)[C@H]1O. The van der Waals surface area contributed by atoms with Gasteiger partial charge in [-0.25, -0.2) is 13.9 Å². The van der Waals surface area contributed by atoms with E-state index >= 15 is 0 Å². The number of aliphatic hydroxyl groups excluding tert-OH is 2. The maximum atomic E-state index is 14.9. The second-order valence-corrected chi connectivity index (χ2v) is 12.9. The normalized spacial score (nSPS) is 22.5. The maximum absolute atomic E-state index is 14.9. The highest BCUT2D eigenvalue weighted by atomic mass is 19.1. The molecule has 13 nitrogen and oxygen atoms in total. The smallest absolute Gasteiger partial charge is 0.272 e. The molecule has 1 fully saturated rings. The van der Waals surface area contributed by atoms with Crippen molar-refractivity contribution in [1.82, 2.24) is 29.7 Å². The quantitative estimate of drug-likeness (QED) is 0.281. The van der Waals surface area contributed by atoms with E-state index in [0.29, 0.717) is 43.8 Å². The zero-order chi connectivity index (χ0) is 35.0. The van der Waals surface area contributed by atoms with E-state index in [1.807, 2.05) is 27.7 Å². The summed E-state index contributed by atoms with van der Waals surface area (Å²) in [6, 6.07) is 7.95. The van der Waals surface area contributed by atoms with Crippen molar-refractivity contribution in [2.75, 3.05) is 46.5 Å². The third-order valence-electron chi connectivity index (χ3n) is 8.63. The number of nitrogens with one attached hydrogen (secondary N) is 2. The first-order chi connectivity index (χ1) is 22.9. The van der Waals surface area contributed by atoms with Crippen LogP contribution in [0.5, 0.6) is 0 Å². The molecule has 264 valence electrons. The highest BCUT2D eigenvalue weighted by molar-refractivity contribution is 5.94. The van der Waals surface area contributed by atoms with Crippen molar-refractivity contribution >= 4 is 17.5 Å². The summed E-state index contributed by atoms with van der Waals surface area (Å²) in [5.74, 6) is -1.41. The van der Waals surface area contributed by atoms with Gasteiger partial charge < -0.3 is 34.8 Å². The average Bonchev–Trinajstić information content (AvgIpc) is 3.44. The number of aromatic nitrogens is 3. The number of aryl methyl sites for hydroxylation is 1. The van der Waals surface area contributed by atoms with Crippen LogP contribution in [-0.4, -0.2) is 117 Å². The number of hydrogen-bond donors (Lipinski definition) is 4. The van der Waals surface area contributed by atoms with Gasteiger partial charge in [0.15, 0.2) is 5.65 Å². The van der Waals surface area contributed by atoms with Crippen molar-refractivity contribution in [3.8, 4) is 0 Å². The number of amides is 2. The third-order valence-corrected chi connectivity index (χ3v) is 8.63. The fourth-order valence-corrected chi connectivity index (χ4v) is 6.03. The van der Waals surface area contributed by atoms with Gasteiger partial charge >= 0.3 is 0 Å². The lowest BCUT2D eigenvalue weighted by Crippen LogP contribution is -2.55. The van der Waals surface area contributed by atoms with E-state index < -0.39 is 42.1 Å². The van der Waals surface area contributed by atoms with Crippen LogP contribution in [0.25, 0.3) is 5.65 Å². The predicted molar refractivity (Wildman–Crippen MR) is 177 cm³/mol. The highest BCUT2D eigenvalue weighted by Crippen LogP contribution is 2.20. The molecule has 2 amide bonds. The van der Waals surface area contributed by atoms with Crippen LogP contribution in [0.15, 0.2) is 41.2 Å². The molecule has 3 heterocycles. The van der Waals surface area contributed by atoms with Gasteiger partial charge in [-0.2, -0.15) is 0 Å². The molecule has 1 aliphatic rings. The van der Waals surface area contributed by atoms with Crippen LogP contribution in [0.2, 0.25) is 0 Å². The molecular formula is C34H49FN6O7. The van der Waals surface area contributed by atoms with Gasteiger partial charge in [0.2, 0.25) is 5.91 Å². The van der Waals surface area contributed by atoms with E-state index in [1.165, 1.54) is 40.8 Å². The Kier molecular flexibility index (Phi) is 13.2. The monoisotopic (exact) mass is 672 g/mol. The van der Waals surface area contributed by atoms with Crippen LogP contribution in [0.4, 0.5) is 4.39 Å². The maximum Gasteiger partial charge on any atom is 0.272 e. The van der Waals surface area contributed by atoms with Crippen LogP contribution in [0.3, 0.4) is 0 Å². The summed E-state index contributed by atoms with van der Waals surface area (Å²) in [5, 5.41) is 27.7. The number of fused-ring (bicyclic) bond motifs is 1. The van der Waals surface area contributed by atoms with E-state index in [0.717, 1.165) is 5.69 Å². The molecule has 1 saturated heterocycles. The van der Waals surface area contributed by atoms with Gasteiger partial charge in [-0.15, -0.1) is 0 Å². The molecule has 2 aromatic heterocycles. The molecule has 0 radical (unpaired) electrons. The first-order valence-corrected chi connectivity index (χ1v) is 16.5. The number of hydrogen-bond acceptors (Lipinski definition) is 9. The van der Waals surface area contributed by atoms with Crippen LogP contribution >= 0.6 is 0 Å². The third kappa shape index (κ3) is 9.47. The van der Waals surface area contributed by atoms with Gasteiger partial charge in [0.1, 0.15) is 24.1 Å². The number of halogens is 1. The standard InChI is InChI=1S/C34H49FN6O7/c1-21(2)14-24-18-39(34(46)25-10-6-7-11-26(25)35)19-29(47-5)33(45)28(42)20-48-13-9-8-12-40(24)32(44)17-36-23(4)27-16-31(43)41-30(37-27)15-22(3)38-41/h6-7,10-11,15-16,21,23-24,28-29,33,36,38,42,45H,8-9,12-14,17-20H2,1-5H3/t23?,24-,28-,29-,33-/m1/s1. The van der Waals surface area contributed by atoms with E-state index in [2.05, 4.69) is 15.4 Å². The summed E-state index contributed by atoms with van der Waals surface area (Å²) in [5.41, 5.74) is 1.36. The van der Waals surface area contributed by atoms with Gasteiger partial charge in [0.05, 0.1) is 24.4 Å². The second-order valence-electron chi connectivity index (χ2n) is 12.9. The van der Waals surface area contributed by atoms with Crippen molar-refractivity contribution in [2.45, 2.75) is 77.4 Å². The topological polar surface area (TPSA) is 162 Å². The minimum Gasteiger partial charge on any atom is -0.388 e. The molecule has 0 saturated carbocycles. The fourth-order valence-electron chi connectivity index (χ4n) is 6.03. The summed E-state index contributed by atoms with van der Waals surface area (Å²) in [6.45, 7) is 8.04. The van der Waals surface area contributed by atoms with E-state index in [-0.39, 0.29) is 49.2 Å². The van der Waals surface area contributed by atoms with Crippen molar-refractivity contribution in [2.24, 2.45) is 5.92 Å². The number of carbonyl (C=O) groups is 2. The number of carbonyl (C=O) groups excluding carboxylic acids is 2. The second kappa shape index (κ2) is 17.1. The summed E-state index contributed by atoms with van der Waals surface area (Å²) in [4.78, 5) is 48.3. The highest BCUT2D eigenvalue weighted by Gasteiger charge is 2.34. The zero-order valence-corrected chi connectivity index (χ0v) is 28.4. The van der Waals surface area contributed by atoms with Gasteiger partial charge in [-0.1, -0.05) is 26.0 Å². The Bertz CT molecular complexity index is 1580. The molecule has 3 aromatic rings. The molecule has 1 aromatic carbocycles. The molecular weight excluding hydrogens is 623 g/mol. The number of ether oxygens (including phenoxy) is 2. The molecule has 5 atom stereocenters. The fraction of sp³-hybridized carbons (Fsp3) is 0.588. The number of aromatic amines is 1. The van der Waals surface area contributed by atoms with Gasteiger partial charge in [-0.3, -0.25) is 19.5 Å². The first-order valence-electron chi connectivity index (χ1n) is 16.5. The van der Waals surface area contributed by atoms with E-state index in [9.17, 15) is 29.0 Å². The number of nitrogens with zero attached hydrogens (tertiary/aromatic N) is 4. The molecule has 0 spiro atoms. The zero-order valence-electron chi connectivity index (χ0n) is 28.4. The van der Waals surface area contributed by atoms with Crippen molar-refractivity contribution in [3.63, 3.8) is 0 Å². The Morgan fingerprint density at radius 1 is 1.17 bits per heavy atom. The lowest BCUT2D eigenvalue weighted by atomic mass is 9.99. The predicted octanol–water partition coefficient (Wildman–Crippen LogP) is 2.05. The van der Waals surface area contributed by atoms with Gasteiger partial charge in [0.25, 0.3) is 11.5 Å². The van der Waals surface area contributed by atoms with Crippen LogP contribution in [0.1, 0.15) is 67.8 Å². The minimum absolute atomic E-state index is 0.0354. The van der Waals surface area contributed by atoms with Crippen molar-refractivity contribution < 1.29 is 33.7 Å². The number of methoxy groups -OCH3 is 1. The van der Waals surface area contributed by atoms with Crippen LogP contribution in [0, 0.1) is 18.7 Å². The van der Waals surface area contributed by atoms with Crippen LogP contribution in [-0.2, 0) is 14.3 Å². The van der Waals surface area contributed by atoms with Gasteiger partial charge in [0, 0.05) is 63.3 Å². The Morgan fingerprint density at radius 2 is 1.92 bits per heavy atom. The van der Waals surface area contributed by atoms with Crippen molar-refractivity contribution in [3.05, 3.63) is 69.5 Å². The molecule has 1 aliphatic heterocycles. The summed E-state index contributed by atoms with van der Waals surface area (Å²) >= 11 is 0. The average molecular weight is 673 g/mol.